The number of hydrogen-bond donors (Lipinski definition) is 3. The zero-order chi connectivity index (χ0) is 22.2. The van der Waals surface area contributed by atoms with E-state index in [4.69, 9.17) is 9.84 Å². The Morgan fingerprint density at radius 3 is 2.84 bits per heavy atom. The second kappa shape index (κ2) is 7.80. The van der Waals surface area contributed by atoms with Crippen LogP contribution in [0.5, 0.6) is 5.75 Å². The van der Waals surface area contributed by atoms with Crippen LogP contribution < -0.4 is 19.7 Å². The van der Waals surface area contributed by atoms with Crippen LogP contribution in [-0.2, 0) is 14.8 Å². The van der Waals surface area contributed by atoms with Gasteiger partial charge in [0.25, 0.3) is 10.0 Å². The van der Waals surface area contributed by atoms with Gasteiger partial charge in [0.1, 0.15) is 17.5 Å². The van der Waals surface area contributed by atoms with Crippen molar-refractivity contribution in [3.8, 4) is 5.75 Å². The number of benzene rings is 1. The highest BCUT2D eigenvalue weighted by Crippen LogP contribution is 2.39. The number of carboxylic acid groups (broad SMARTS) is 1. The smallest absolute Gasteiger partial charge is 0.409 e. The fourth-order valence-electron chi connectivity index (χ4n) is 3.35. The topological polar surface area (TPSA) is 142 Å². The van der Waals surface area contributed by atoms with Gasteiger partial charge in [-0.1, -0.05) is 6.07 Å². The van der Waals surface area contributed by atoms with Crippen LogP contribution in [0.1, 0.15) is 6.92 Å². The van der Waals surface area contributed by atoms with Gasteiger partial charge in [0.15, 0.2) is 5.03 Å². The summed E-state index contributed by atoms with van der Waals surface area (Å²) >= 11 is 0. The molecule has 31 heavy (non-hydrogen) atoms. The number of carbonyl (C=O) groups is 2. The van der Waals surface area contributed by atoms with Gasteiger partial charge < -0.3 is 15.2 Å². The fourth-order valence-corrected chi connectivity index (χ4v) is 4.99. The van der Waals surface area contributed by atoms with Gasteiger partial charge in [-0.15, -0.1) is 0 Å². The number of amides is 2. The maximum Gasteiger partial charge on any atom is 0.409 e. The van der Waals surface area contributed by atoms with Crippen LogP contribution in [0.15, 0.2) is 53.8 Å². The maximum atomic E-state index is 13.7. The van der Waals surface area contributed by atoms with E-state index in [-0.39, 0.29) is 41.1 Å². The summed E-state index contributed by atoms with van der Waals surface area (Å²) < 4.78 is 35.8. The van der Waals surface area contributed by atoms with E-state index in [1.807, 2.05) is 0 Å². The van der Waals surface area contributed by atoms with E-state index < -0.39 is 22.2 Å². The van der Waals surface area contributed by atoms with Gasteiger partial charge in [0.05, 0.1) is 18.8 Å². The third-order valence-corrected chi connectivity index (χ3v) is 6.45. The molecular weight excluding hydrogens is 426 g/mol. The van der Waals surface area contributed by atoms with Crippen LogP contribution in [0.3, 0.4) is 0 Å². The van der Waals surface area contributed by atoms with Gasteiger partial charge in [0, 0.05) is 25.0 Å². The number of nitrogens with one attached hydrogen (secondary N) is 2. The molecule has 1 aromatic carbocycles. The van der Waals surface area contributed by atoms with Crippen LogP contribution in [-0.4, -0.2) is 54.1 Å². The highest BCUT2D eigenvalue weighted by Gasteiger charge is 2.36. The van der Waals surface area contributed by atoms with Gasteiger partial charge in [-0.2, -0.15) is 8.42 Å². The molecule has 3 heterocycles. The van der Waals surface area contributed by atoms with Crippen LogP contribution in [0.4, 0.5) is 16.2 Å². The minimum Gasteiger partial charge on any atom is -0.484 e. The van der Waals surface area contributed by atoms with Gasteiger partial charge >= 0.3 is 6.09 Å². The number of nitrogens with zero attached hydrogens (tertiary/aromatic N) is 3. The summed E-state index contributed by atoms with van der Waals surface area (Å²) in [7, 11) is -4.10. The van der Waals surface area contributed by atoms with Crippen molar-refractivity contribution in [2.75, 3.05) is 22.7 Å². The number of rotatable bonds is 5. The van der Waals surface area contributed by atoms with Crippen LogP contribution >= 0.6 is 0 Å². The largest absolute Gasteiger partial charge is 0.484 e. The molecule has 0 spiro atoms. The van der Waals surface area contributed by atoms with Gasteiger partial charge in [0.2, 0.25) is 5.91 Å². The van der Waals surface area contributed by atoms with Crippen LogP contribution in [0, 0.1) is 0 Å². The molecule has 3 N–H and O–H groups in total. The average Bonchev–Trinajstić information content (AvgIpc) is 3.20. The molecule has 1 aliphatic rings. The SMILES string of the molecule is CC(=O)NCC1CN(S(=O)(=O)c2cccc3nccn23)c2cc(NC(=O)O)ccc2O1. The molecule has 3 aromatic rings. The Morgan fingerprint density at radius 1 is 1.29 bits per heavy atom. The van der Waals surface area contributed by atoms with Crippen molar-refractivity contribution in [2.24, 2.45) is 0 Å². The number of imidazole rings is 1. The number of fused-ring (bicyclic) bond motifs is 2. The number of hydrogen-bond acceptors (Lipinski definition) is 6. The van der Waals surface area contributed by atoms with Crippen molar-refractivity contribution in [1.29, 1.82) is 0 Å². The first-order valence-corrected chi connectivity index (χ1v) is 10.7. The first kappa shape index (κ1) is 20.5. The molecule has 11 nitrogen and oxygen atoms in total. The van der Waals surface area contributed by atoms with Crippen LogP contribution in [0.25, 0.3) is 5.65 Å². The Bertz CT molecular complexity index is 1270. The van der Waals surface area contributed by atoms with Gasteiger partial charge in [-0.25, -0.2) is 9.78 Å². The molecule has 0 saturated heterocycles. The Kier molecular flexibility index (Phi) is 5.15. The Morgan fingerprint density at radius 2 is 2.10 bits per heavy atom. The summed E-state index contributed by atoms with van der Waals surface area (Å²) in [6, 6.07) is 9.08. The summed E-state index contributed by atoms with van der Waals surface area (Å²) in [6.07, 6.45) is 1.11. The van der Waals surface area contributed by atoms with E-state index in [9.17, 15) is 18.0 Å². The zero-order valence-corrected chi connectivity index (χ0v) is 17.2. The molecule has 0 saturated carbocycles. The number of aromatic nitrogens is 2. The lowest BCUT2D eigenvalue weighted by Gasteiger charge is -2.35. The number of sulfonamides is 1. The van der Waals surface area contributed by atoms with Crippen molar-refractivity contribution in [1.82, 2.24) is 14.7 Å². The molecule has 0 aliphatic carbocycles. The lowest BCUT2D eigenvalue weighted by Crippen LogP contribution is -2.48. The second-order valence-electron chi connectivity index (χ2n) is 6.85. The van der Waals surface area contributed by atoms with Gasteiger partial charge in [-0.05, 0) is 30.3 Å². The minimum atomic E-state index is -4.10. The third-order valence-electron chi connectivity index (χ3n) is 4.67. The number of anilines is 2. The lowest BCUT2D eigenvalue weighted by atomic mass is 10.2. The molecular formula is C19H19N5O6S. The van der Waals surface area contributed by atoms with Crippen molar-refractivity contribution >= 4 is 39.0 Å². The number of carbonyl (C=O) groups excluding carboxylic acids is 1. The Labute approximate surface area is 177 Å². The van der Waals surface area contributed by atoms with E-state index in [2.05, 4.69) is 15.6 Å². The number of pyridine rings is 1. The molecule has 2 amide bonds. The minimum absolute atomic E-state index is 0.00905. The molecule has 162 valence electrons. The molecule has 0 bridgehead atoms. The van der Waals surface area contributed by atoms with E-state index in [0.29, 0.717) is 5.65 Å². The lowest BCUT2D eigenvalue weighted by molar-refractivity contribution is -0.119. The first-order chi connectivity index (χ1) is 14.8. The van der Waals surface area contributed by atoms with Gasteiger partial charge in [-0.3, -0.25) is 18.8 Å². The standard InChI is InChI=1S/C19H19N5O6S/c1-12(25)21-10-14-11-24(15-9-13(22-19(26)27)5-6-16(15)30-14)31(28,29)18-4-2-3-17-20-7-8-23(17)18/h2-9,14,22H,10-11H2,1H3,(H,21,25)(H,26,27). The summed E-state index contributed by atoms with van der Waals surface area (Å²) in [5.74, 6) is -0.0214. The molecule has 1 unspecified atom stereocenters. The van der Waals surface area contributed by atoms with E-state index in [1.54, 1.807) is 18.3 Å². The first-order valence-electron chi connectivity index (χ1n) is 9.25. The van der Waals surface area contributed by atoms with Crippen molar-refractivity contribution < 1.29 is 27.9 Å². The Hall–Kier alpha value is -3.80. The number of ether oxygens (including phenoxy) is 1. The Balaban J connectivity index is 1.81. The van der Waals surface area contributed by atoms with Crippen LogP contribution in [0.2, 0.25) is 0 Å². The average molecular weight is 445 g/mol. The molecule has 0 radical (unpaired) electrons. The summed E-state index contributed by atoms with van der Waals surface area (Å²) in [4.78, 5) is 26.5. The predicted molar refractivity (Wildman–Crippen MR) is 111 cm³/mol. The quantitative estimate of drug-likeness (QED) is 0.540. The zero-order valence-electron chi connectivity index (χ0n) is 16.3. The fraction of sp³-hybridized carbons (Fsp3) is 0.211. The maximum absolute atomic E-state index is 13.7. The van der Waals surface area contributed by atoms with Crippen molar-refractivity contribution in [2.45, 2.75) is 18.1 Å². The van der Waals surface area contributed by atoms with Crippen molar-refractivity contribution in [3.05, 3.63) is 48.8 Å². The normalized spacial score (nSPS) is 15.8. The van der Waals surface area contributed by atoms with E-state index in [0.717, 1.165) is 4.31 Å². The van der Waals surface area contributed by atoms with E-state index in [1.165, 1.54) is 41.8 Å². The summed E-state index contributed by atoms with van der Waals surface area (Å²) in [5.41, 5.74) is 0.837. The molecule has 2 aromatic heterocycles. The second-order valence-corrected chi connectivity index (χ2v) is 8.65. The highest BCUT2D eigenvalue weighted by atomic mass is 32.2. The molecule has 4 rings (SSSR count). The molecule has 0 fully saturated rings. The summed E-state index contributed by atoms with van der Waals surface area (Å²) in [5, 5.41) is 13.8. The van der Waals surface area contributed by atoms with E-state index >= 15 is 0 Å². The molecule has 1 aliphatic heterocycles. The van der Waals surface area contributed by atoms with Crippen molar-refractivity contribution in [3.63, 3.8) is 0 Å². The molecule has 12 heteroatoms. The highest BCUT2D eigenvalue weighted by molar-refractivity contribution is 7.92. The third kappa shape index (κ3) is 3.97. The summed E-state index contributed by atoms with van der Waals surface area (Å²) in [6.45, 7) is 1.37. The predicted octanol–water partition coefficient (Wildman–Crippen LogP) is 1.52. The molecule has 1 atom stereocenters. The monoisotopic (exact) mass is 445 g/mol.